The Morgan fingerprint density at radius 1 is 1.28 bits per heavy atom. The van der Waals surface area contributed by atoms with Crippen molar-refractivity contribution in [2.75, 3.05) is 26.2 Å². The molecule has 2 N–H and O–H groups in total. The second-order valence-electron chi connectivity index (χ2n) is 7.54. The number of rotatable bonds is 5. The summed E-state index contributed by atoms with van der Waals surface area (Å²) in [5.74, 6) is 1.64. The van der Waals surface area contributed by atoms with Gasteiger partial charge in [-0.05, 0) is 51.0 Å². The molecule has 2 amide bonds. The molecular weight excluding hydrogens is 320 g/mol. The van der Waals surface area contributed by atoms with Gasteiger partial charge in [-0.2, -0.15) is 0 Å². The Bertz CT molecular complexity index is 634. The van der Waals surface area contributed by atoms with Crippen molar-refractivity contribution >= 4 is 11.8 Å². The van der Waals surface area contributed by atoms with Crippen LogP contribution in [0.2, 0.25) is 0 Å². The molecular formula is C18H26N4O3. The first-order valence-electron chi connectivity index (χ1n) is 9.47. The highest BCUT2D eigenvalue weighted by molar-refractivity contribution is 5.92. The molecule has 0 aromatic carbocycles. The molecule has 7 heteroatoms. The van der Waals surface area contributed by atoms with E-state index in [-0.39, 0.29) is 17.9 Å². The van der Waals surface area contributed by atoms with Crippen molar-refractivity contribution in [2.24, 2.45) is 5.92 Å². The lowest BCUT2D eigenvalue weighted by atomic mass is 9.97. The molecule has 7 nitrogen and oxygen atoms in total. The van der Waals surface area contributed by atoms with Crippen LogP contribution < -0.4 is 10.6 Å². The van der Waals surface area contributed by atoms with Crippen LogP contribution in [-0.2, 0) is 4.79 Å². The first-order chi connectivity index (χ1) is 12.2. The van der Waals surface area contributed by atoms with Crippen molar-refractivity contribution in [3.63, 3.8) is 0 Å². The average molecular weight is 346 g/mol. The third-order valence-corrected chi connectivity index (χ3v) is 5.48. The number of carbonyl (C=O) groups is 2. The number of aromatic nitrogens is 1. The smallest absolute Gasteiger partial charge is 0.276 e. The van der Waals surface area contributed by atoms with Gasteiger partial charge < -0.3 is 20.1 Å². The van der Waals surface area contributed by atoms with E-state index in [1.165, 1.54) is 0 Å². The average Bonchev–Trinajstić information content (AvgIpc) is 3.14. The second kappa shape index (κ2) is 7.15. The Kier molecular flexibility index (Phi) is 4.74. The largest absolute Gasteiger partial charge is 0.360 e. The number of hydrogen-bond acceptors (Lipinski definition) is 5. The molecule has 3 aliphatic rings. The van der Waals surface area contributed by atoms with Crippen molar-refractivity contribution in [3.8, 4) is 0 Å². The van der Waals surface area contributed by atoms with Crippen molar-refractivity contribution in [1.29, 1.82) is 0 Å². The number of likely N-dealkylation sites (tertiary alicyclic amines) is 1. The molecule has 2 atom stereocenters. The van der Waals surface area contributed by atoms with E-state index in [0.717, 1.165) is 57.4 Å². The van der Waals surface area contributed by atoms with Crippen LogP contribution in [0.15, 0.2) is 10.6 Å². The first kappa shape index (κ1) is 16.6. The predicted molar refractivity (Wildman–Crippen MR) is 91.1 cm³/mol. The molecule has 1 aliphatic carbocycles. The van der Waals surface area contributed by atoms with E-state index in [1.54, 1.807) is 6.07 Å². The molecule has 3 fully saturated rings. The Hall–Kier alpha value is -1.89. The van der Waals surface area contributed by atoms with Gasteiger partial charge in [0.25, 0.3) is 5.91 Å². The highest BCUT2D eigenvalue weighted by Crippen LogP contribution is 2.40. The van der Waals surface area contributed by atoms with Crippen LogP contribution in [0.4, 0.5) is 0 Å². The van der Waals surface area contributed by atoms with E-state index < -0.39 is 0 Å². The molecule has 2 saturated heterocycles. The fourth-order valence-corrected chi connectivity index (χ4v) is 3.80. The topological polar surface area (TPSA) is 87.5 Å². The SMILES string of the molecule is O=C(NCC1CCCN(C(=O)c2cc(C3CC3)on2)C1)C1CCCN1. The van der Waals surface area contributed by atoms with Crippen molar-refractivity contribution < 1.29 is 14.1 Å². The monoisotopic (exact) mass is 346 g/mol. The van der Waals surface area contributed by atoms with E-state index in [4.69, 9.17) is 4.52 Å². The summed E-state index contributed by atoms with van der Waals surface area (Å²) < 4.78 is 5.30. The van der Waals surface area contributed by atoms with Gasteiger partial charge in [-0.15, -0.1) is 0 Å². The predicted octanol–water partition coefficient (Wildman–Crippen LogP) is 1.27. The summed E-state index contributed by atoms with van der Waals surface area (Å²) >= 11 is 0. The lowest BCUT2D eigenvalue weighted by Crippen LogP contribution is -2.46. The molecule has 0 radical (unpaired) electrons. The maximum absolute atomic E-state index is 12.7. The second-order valence-corrected chi connectivity index (χ2v) is 7.54. The van der Waals surface area contributed by atoms with E-state index in [2.05, 4.69) is 15.8 Å². The van der Waals surface area contributed by atoms with Crippen molar-refractivity contribution in [2.45, 2.75) is 50.5 Å². The molecule has 25 heavy (non-hydrogen) atoms. The summed E-state index contributed by atoms with van der Waals surface area (Å²) in [6, 6.07) is 1.76. The van der Waals surface area contributed by atoms with Crippen LogP contribution in [0.3, 0.4) is 0 Å². The fourth-order valence-electron chi connectivity index (χ4n) is 3.80. The van der Waals surface area contributed by atoms with Gasteiger partial charge in [-0.25, -0.2) is 0 Å². The summed E-state index contributed by atoms with van der Waals surface area (Å²) in [5, 5.41) is 10.2. The van der Waals surface area contributed by atoms with Gasteiger partial charge in [0.1, 0.15) is 5.76 Å². The number of piperidine rings is 1. The molecule has 0 bridgehead atoms. The zero-order chi connectivity index (χ0) is 17.2. The summed E-state index contributed by atoms with van der Waals surface area (Å²) in [4.78, 5) is 26.6. The fraction of sp³-hybridized carbons (Fsp3) is 0.722. The van der Waals surface area contributed by atoms with E-state index in [0.29, 0.717) is 30.6 Å². The molecule has 4 rings (SSSR count). The Morgan fingerprint density at radius 2 is 2.16 bits per heavy atom. The van der Waals surface area contributed by atoms with Crippen molar-refractivity contribution in [3.05, 3.63) is 17.5 Å². The van der Waals surface area contributed by atoms with Crippen LogP contribution in [0.1, 0.15) is 60.7 Å². The van der Waals surface area contributed by atoms with Crippen LogP contribution in [0, 0.1) is 5.92 Å². The highest BCUT2D eigenvalue weighted by atomic mass is 16.5. The summed E-state index contributed by atoms with van der Waals surface area (Å²) in [6.45, 7) is 2.97. The maximum atomic E-state index is 12.7. The van der Waals surface area contributed by atoms with Gasteiger partial charge in [0.15, 0.2) is 5.69 Å². The van der Waals surface area contributed by atoms with E-state index in [9.17, 15) is 9.59 Å². The minimum Gasteiger partial charge on any atom is -0.360 e. The quantitative estimate of drug-likeness (QED) is 0.838. The van der Waals surface area contributed by atoms with Gasteiger partial charge in [0.2, 0.25) is 5.91 Å². The standard InChI is InChI=1S/C18H26N4O3/c23-17(14-4-1-7-19-14)20-10-12-3-2-8-22(11-12)18(24)15-9-16(25-21-15)13-5-6-13/h9,12-14,19H,1-8,10-11H2,(H,20,23). The number of hydrogen-bond donors (Lipinski definition) is 2. The summed E-state index contributed by atoms with van der Waals surface area (Å²) in [7, 11) is 0. The third kappa shape index (κ3) is 3.86. The summed E-state index contributed by atoms with van der Waals surface area (Å²) in [6.07, 6.45) is 6.23. The minimum absolute atomic E-state index is 0.0442. The van der Waals surface area contributed by atoms with Gasteiger partial charge in [0.05, 0.1) is 6.04 Å². The van der Waals surface area contributed by atoms with E-state index >= 15 is 0 Å². The molecule has 0 spiro atoms. The zero-order valence-electron chi connectivity index (χ0n) is 14.5. The molecule has 1 aromatic rings. The highest BCUT2D eigenvalue weighted by Gasteiger charge is 2.31. The van der Waals surface area contributed by atoms with Crippen LogP contribution >= 0.6 is 0 Å². The number of nitrogens with zero attached hydrogens (tertiary/aromatic N) is 2. The molecule has 136 valence electrons. The first-order valence-corrected chi connectivity index (χ1v) is 9.47. The van der Waals surface area contributed by atoms with Crippen LogP contribution in [0.5, 0.6) is 0 Å². The number of nitrogens with one attached hydrogen (secondary N) is 2. The van der Waals surface area contributed by atoms with Gasteiger partial charge in [0, 0.05) is 31.6 Å². The van der Waals surface area contributed by atoms with Crippen LogP contribution in [0.25, 0.3) is 0 Å². The van der Waals surface area contributed by atoms with E-state index in [1.807, 2.05) is 4.90 Å². The van der Waals surface area contributed by atoms with Gasteiger partial charge in [-0.1, -0.05) is 5.16 Å². The molecule has 2 aliphatic heterocycles. The molecule has 1 aromatic heterocycles. The lowest BCUT2D eigenvalue weighted by molar-refractivity contribution is -0.123. The molecule has 1 saturated carbocycles. The number of amides is 2. The van der Waals surface area contributed by atoms with Crippen molar-refractivity contribution in [1.82, 2.24) is 20.7 Å². The zero-order valence-corrected chi connectivity index (χ0v) is 14.5. The van der Waals surface area contributed by atoms with Gasteiger partial charge in [-0.3, -0.25) is 9.59 Å². The molecule has 2 unspecified atom stereocenters. The Morgan fingerprint density at radius 3 is 2.92 bits per heavy atom. The Labute approximate surface area is 147 Å². The summed E-state index contributed by atoms with van der Waals surface area (Å²) in [5.41, 5.74) is 0.418. The lowest BCUT2D eigenvalue weighted by Gasteiger charge is -2.32. The third-order valence-electron chi connectivity index (χ3n) is 5.48. The minimum atomic E-state index is -0.0517. The van der Waals surface area contributed by atoms with Crippen LogP contribution in [-0.4, -0.2) is 54.1 Å². The number of carbonyl (C=O) groups excluding carboxylic acids is 2. The Balaban J connectivity index is 1.29. The molecule has 3 heterocycles. The normalized spacial score (nSPS) is 26.6. The maximum Gasteiger partial charge on any atom is 0.276 e. The van der Waals surface area contributed by atoms with Gasteiger partial charge >= 0.3 is 0 Å².